The molecule has 1 aliphatic rings. The van der Waals surface area contributed by atoms with E-state index in [9.17, 15) is 4.79 Å². The van der Waals surface area contributed by atoms with Gasteiger partial charge >= 0.3 is 5.97 Å². The summed E-state index contributed by atoms with van der Waals surface area (Å²) in [5.74, 6) is 0.647. The summed E-state index contributed by atoms with van der Waals surface area (Å²) >= 11 is 0. The van der Waals surface area contributed by atoms with Crippen LogP contribution in [0.4, 0.5) is 0 Å². The van der Waals surface area contributed by atoms with Crippen LogP contribution in [0.15, 0.2) is 16.5 Å². The van der Waals surface area contributed by atoms with Crippen LogP contribution in [0.5, 0.6) is 0 Å². The minimum absolute atomic E-state index is 0. The summed E-state index contributed by atoms with van der Waals surface area (Å²) in [5, 5.41) is 3.35. The second-order valence-corrected chi connectivity index (χ2v) is 4.65. The molecule has 1 aliphatic heterocycles. The first-order chi connectivity index (χ1) is 8.70. The van der Waals surface area contributed by atoms with Gasteiger partial charge in [-0.2, -0.15) is 0 Å². The quantitative estimate of drug-likeness (QED) is 0.854. The van der Waals surface area contributed by atoms with Gasteiger partial charge in [-0.05, 0) is 45.1 Å². The van der Waals surface area contributed by atoms with Crippen LogP contribution in [0.3, 0.4) is 0 Å². The molecule has 1 aromatic heterocycles. The van der Waals surface area contributed by atoms with Crippen LogP contribution in [0, 0.1) is 0 Å². The van der Waals surface area contributed by atoms with E-state index in [-0.39, 0.29) is 18.2 Å². The van der Waals surface area contributed by atoms with E-state index in [1.807, 2.05) is 6.07 Å². The van der Waals surface area contributed by atoms with Crippen molar-refractivity contribution in [1.29, 1.82) is 0 Å². The zero-order chi connectivity index (χ0) is 13.0. The summed E-state index contributed by atoms with van der Waals surface area (Å²) in [5.41, 5.74) is 0. The van der Waals surface area contributed by atoms with Gasteiger partial charge in [0, 0.05) is 6.04 Å². The Kier molecular flexibility index (Phi) is 6.34. The first-order valence-electron chi connectivity index (χ1n) is 6.28. The van der Waals surface area contributed by atoms with Crippen molar-refractivity contribution in [2.24, 2.45) is 0 Å². The van der Waals surface area contributed by atoms with Gasteiger partial charge < -0.3 is 14.5 Å². The van der Waals surface area contributed by atoms with Crippen molar-refractivity contribution in [3.63, 3.8) is 0 Å². The Morgan fingerprint density at radius 2 is 2.16 bits per heavy atom. The summed E-state index contributed by atoms with van der Waals surface area (Å²) in [7, 11) is 3.45. The third-order valence-electron chi connectivity index (χ3n) is 3.39. The third-order valence-corrected chi connectivity index (χ3v) is 3.39. The van der Waals surface area contributed by atoms with Gasteiger partial charge in [-0.15, -0.1) is 12.4 Å². The van der Waals surface area contributed by atoms with E-state index < -0.39 is 5.97 Å². The van der Waals surface area contributed by atoms with Crippen LogP contribution in [0.1, 0.15) is 29.2 Å². The van der Waals surface area contributed by atoms with Gasteiger partial charge in [0.2, 0.25) is 5.76 Å². The number of piperidine rings is 1. The molecule has 0 spiro atoms. The van der Waals surface area contributed by atoms with Crippen LogP contribution >= 0.6 is 12.4 Å². The van der Waals surface area contributed by atoms with Crippen molar-refractivity contribution in [2.45, 2.75) is 25.4 Å². The molecule has 2 rings (SSSR count). The average molecular weight is 289 g/mol. The molecule has 1 N–H and O–H groups in total. The molecule has 5 nitrogen and oxygen atoms in total. The summed E-state index contributed by atoms with van der Waals surface area (Å²) in [6.45, 7) is 2.86. The summed E-state index contributed by atoms with van der Waals surface area (Å²) < 4.78 is 10.1. The Hall–Kier alpha value is -1.04. The average Bonchev–Trinajstić information content (AvgIpc) is 2.87. The molecular formula is C13H21ClN2O3. The fraction of sp³-hybridized carbons (Fsp3) is 0.615. The van der Waals surface area contributed by atoms with Crippen LogP contribution in [-0.4, -0.2) is 44.2 Å². The smallest absolute Gasteiger partial charge is 0.373 e. The van der Waals surface area contributed by atoms with Crippen molar-refractivity contribution < 1.29 is 13.9 Å². The first kappa shape index (κ1) is 16.0. The van der Waals surface area contributed by atoms with Gasteiger partial charge in [-0.25, -0.2) is 4.79 Å². The van der Waals surface area contributed by atoms with Crippen LogP contribution in [-0.2, 0) is 11.3 Å². The van der Waals surface area contributed by atoms with Crippen LogP contribution < -0.4 is 5.32 Å². The molecule has 2 heterocycles. The van der Waals surface area contributed by atoms with Gasteiger partial charge in [0.1, 0.15) is 5.76 Å². The maximum atomic E-state index is 11.3. The number of rotatable bonds is 4. The van der Waals surface area contributed by atoms with Crippen LogP contribution in [0.25, 0.3) is 0 Å². The van der Waals surface area contributed by atoms with Gasteiger partial charge in [0.05, 0.1) is 13.7 Å². The van der Waals surface area contributed by atoms with Crippen molar-refractivity contribution in [1.82, 2.24) is 10.2 Å². The van der Waals surface area contributed by atoms with Gasteiger partial charge in [0.25, 0.3) is 0 Å². The number of nitrogens with zero attached hydrogens (tertiary/aromatic N) is 1. The summed E-state index contributed by atoms with van der Waals surface area (Å²) in [6, 6.07) is 4.08. The molecule has 0 radical (unpaired) electrons. The minimum atomic E-state index is -0.425. The fourth-order valence-corrected chi connectivity index (χ4v) is 2.30. The molecule has 0 aromatic carbocycles. The van der Waals surface area contributed by atoms with Crippen molar-refractivity contribution in [3.05, 3.63) is 23.7 Å². The number of ether oxygens (including phenoxy) is 1. The Balaban J connectivity index is 0.00000180. The number of methoxy groups -OCH3 is 1. The standard InChI is InChI=1S/C13H20N2O3.ClH/c1-15(10-5-7-14-8-6-10)9-11-3-4-12(18-11)13(16)17-2;/h3-4,10,14H,5-9H2,1-2H3;1H. The molecule has 1 fully saturated rings. The van der Waals surface area contributed by atoms with Crippen molar-refractivity contribution in [2.75, 3.05) is 27.2 Å². The molecule has 0 saturated carbocycles. The van der Waals surface area contributed by atoms with Crippen LogP contribution in [0.2, 0.25) is 0 Å². The number of halogens is 1. The number of hydrogen-bond acceptors (Lipinski definition) is 5. The molecule has 0 amide bonds. The highest BCUT2D eigenvalue weighted by molar-refractivity contribution is 5.86. The lowest BCUT2D eigenvalue weighted by molar-refractivity contribution is 0.0560. The molecule has 0 aliphatic carbocycles. The monoisotopic (exact) mass is 288 g/mol. The largest absolute Gasteiger partial charge is 0.463 e. The number of nitrogens with one attached hydrogen (secondary N) is 1. The number of esters is 1. The van der Waals surface area contributed by atoms with E-state index in [0.717, 1.165) is 38.2 Å². The third kappa shape index (κ3) is 4.23. The lowest BCUT2D eigenvalue weighted by atomic mass is 10.1. The molecule has 0 atom stereocenters. The highest BCUT2D eigenvalue weighted by Crippen LogP contribution is 2.16. The number of carbonyl (C=O) groups excluding carboxylic acids is 1. The topological polar surface area (TPSA) is 54.7 Å². The maximum absolute atomic E-state index is 11.3. The van der Waals surface area contributed by atoms with E-state index >= 15 is 0 Å². The van der Waals surface area contributed by atoms with Crippen molar-refractivity contribution >= 4 is 18.4 Å². The number of furan rings is 1. The zero-order valence-electron chi connectivity index (χ0n) is 11.3. The highest BCUT2D eigenvalue weighted by Gasteiger charge is 2.19. The summed E-state index contributed by atoms with van der Waals surface area (Å²) in [6.07, 6.45) is 2.31. The fourth-order valence-electron chi connectivity index (χ4n) is 2.30. The Morgan fingerprint density at radius 3 is 2.79 bits per heavy atom. The normalized spacial score (nSPS) is 16.2. The molecule has 0 unspecified atom stereocenters. The molecule has 1 saturated heterocycles. The first-order valence-corrected chi connectivity index (χ1v) is 6.28. The number of hydrogen-bond donors (Lipinski definition) is 1. The molecule has 6 heteroatoms. The Labute approximate surface area is 119 Å². The lowest BCUT2D eigenvalue weighted by Gasteiger charge is -2.30. The Bertz CT molecular complexity index is 402. The van der Waals surface area contributed by atoms with E-state index in [2.05, 4.69) is 22.0 Å². The molecule has 108 valence electrons. The summed E-state index contributed by atoms with van der Waals surface area (Å²) in [4.78, 5) is 13.6. The van der Waals surface area contributed by atoms with E-state index in [1.54, 1.807) is 6.07 Å². The van der Waals surface area contributed by atoms with E-state index in [4.69, 9.17) is 4.42 Å². The molecular weight excluding hydrogens is 268 g/mol. The second kappa shape index (κ2) is 7.53. The van der Waals surface area contributed by atoms with E-state index in [0.29, 0.717) is 6.04 Å². The van der Waals surface area contributed by atoms with Gasteiger partial charge in [-0.3, -0.25) is 4.90 Å². The van der Waals surface area contributed by atoms with Crippen molar-refractivity contribution in [3.8, 4) is 0 Å². The molecule has 19 heavy (non-hydrogen) atoms. The highest BCUT2D eigenvalue weighted by atomic mass is 35.5. The Morgan fingerprint density at radius 1 is 1.47 bits per heavy atom. The number of carbonyl (C=O) groups is 1. The predicted octanol–water partition coefficient (Wildman–Crippen LogP) is 1.67. The minimum Gasteiger partial charge on any atom is -0.463 e. The van der Waals surface area contributed by atoms with E-state index in [1.165, 1.54) is 7.11 Å². The molecule has 1 aromatic rings. The molecule has 0 bridgehead atoms. The SMILES string of the molecule is COC(=O)c1ccc(CN(C)C2CCNCC2)o1.Cl. The maximum Gasteiger partial charge on any atom is 0.373 e. The lowest BCUT2D eigenvalue weighted by Crippen LogP contribution is -2.40. The predicted molar refractivity (Wildman–Crippen MR) is 74.7 cm³/mol. The van der Waals surface area contributed by atoms with Gasteiger partial charge in [0.15, 0.2) is 0 Å². The second-order valence-electron chi connectivity index (χ2n) is 4.65. The zero-order valence-corrected chi connectivity index (χ0v) is 12.2. The van der Waals surface area contributed by atoms with Gasteiger partial charge in [-0.1, -0.05) is 0 Å².